The minimum absolute atomic E-state index is 0.0557. The van der Waals surface area contributed by atoms with Crippen LogP contribution in [0, 0.1) is 5.92 Å². The average molecular weight is 263 g/mol. The molecule has 0 spiro atoms. The monoisotopic (exact) mass is 263 g/mol. The number of hydrogen-bond donors (Lipinski definition) is 2. The lowest BCUT2D eigenvalue weighted by molar-refractivity contribution is -0.141. The van der Waals surface area contributed by atoms with Crippen molar-refractivity contribution in [1.29, 1.82) is 0 Å². The van der Waals surface area contributed by atoms with Crippen LogP contribution < -0.4 is 10.1 Å². The van der Waals surface area contributed by atoms with Crippen LogP contribution in [0.25, 0.3) is 0 Å². The van der Waals surface area contributed by atoms with Crippen molar-refractivity contribution in [3.05, 3.63) is 29.8 Å². The molecule has 5 heteroatoms. The van der Waals surface area contributed by atoms with Crippen molar-refractivity contribution in [2.75, 3.05) is 7.11 Å². The summed E-state index contributed by atoms with van der Waals surface area (Å²) in [4.78, 5) is 22.9. The van der Waals surface area contributed by atoms with Gasteiger partial charge in [-0.1, -0.05) is 6.07 Å². The number of nitrogens with one attached hydrogen (secondary N) is 1. The van der Waals surface area contributed by atoms with Crippen molar-refractivity contribution in [2.24, 2.45) is 5.92 Å². The molecule has 0 bridgehead atoms. The lowest BCUT2D eigenvalue weighted by atomic mass is 10.1. The molecule has 1 aromatic carbocycles. The standard InChI is InChI=1S/C14H17NO4/c1-19-12-4-2-3-9(8-12)13(16)15-11-6-5-10(7-11)14(17)18/h2-4,8,10-11H,5-7H2,1H3,(H,15,16)(H,17,18)/t10-,11+/m0/s1. The van der Waals surface area contributed by atoms with Crippen molar-refractivity contribution >= 4 is 11.9 Å². The zero-order valence-corrected chi connectivity index (χ0v) is 10.8. The topological polar surface area (TPSA) is 75.6 Å². The van der Waals surface area contributed by atoms with Crippen LogP contribution in [0.15, 0.2) is 24.3 Å². The van der Waals surface area contributed by atoms with Gasteiger partial charge in [-0.15, -0.1) is 0 Å². The molecule has 2 rings (SSSR count). The van der Waals surface area contributed by atoms with Crippen LogP contribution in [-0.2, 0) is 4.79 Å². The summed E-state index contributed by atoms with van der Waals surface area (Å²) in [6.45, 7) is 0. The summed E-state index contributed by atoms with van der Waals surface area (Å²) in [5.41, 5.74) is 0.526. The summed E-state index contributed by atoms with van der Waals surface area (Å²) in [6.07, 6.45) is 1.84. The molecule has 1 aliphatic carbocycles. The maximum absolute atomic E-state index is 12.0. The molecule has 1 aliphatic rings. The Labute approximate surface area is 111 Å². The normalized spacial score (nSPS) is 21.9. The van der Waals surface area contributed by atoms with Crippen molar-refractivity contribution in [1.82, 2.24) is 5.32 Å². The molecule has 0 aliphatic heterocycles. The number of carboxylic acid groups (broad SMARTS) is 1. The number of ether oxygens (including phenoxy) is 1. The Morgan fingerprint density at radius 1 is 1.37 bits per heavy atom. The van der Waals surface area contributed by atoms with Crippen molar-refractivity contribution in [3.63, 3.8) is 0 Å². The van der Waals surface area contributed by atoms with Gasteiger partial charge in [0, 0.05) is 11.6 Å². The Morgan fingerprint density at radius 2 is 2.16 bits per heavy atom. The van der Waals surface area contributed by atoms with Gasteiger partial charge in [-0.05, 0) is 37.5 Å². The maximum Gasteiger partial charge on any atom is 0.306 e. The van der Waals surface area contributed by atoms with Crippen LogP contribution in [0.3, 0.4) is 0 Å². The molecule has 0 radical (unpaired) electrons. The fraction of sp³-hybridized carbons (Fsp3) is 0.429. The number of methoxy groups -OCH3 is 1. The fourth-order valence-corrected chi connectivity index (χ4v) is 2.37. The number of rotatable bonds is 4. The number of amides is 1. The van der Waals surface area contributed by atoms with E-state index in [0.717, 1.165) is 0 Å². The SMILES string of the molecule is COc1cccc(C(=O)N[C@@H]2CC[C@H](C(=O)O)C2)c1. The van der Waals surface area contributed by atoms with Crippen LogP contribution in [0.5, 0.6) is 5.75 Å². The van der Waals surface area contributed by atoms with Crippen molar-refractivity contribution in [3.8, 4) is 5.75 Å². The predicted octanol–water partition coefficient (Wildman–Crippen LogP) is 1.68. The Morgan fingerprint density at radius 3 is 2.79 bits per heavy atom. The molecule has 102 valence electrons. The van der Waals surface area contributed by atoms with E-state index >= 15 is 0 Å². The molecule has 0 unspecified atom stereocenters. The molecule has 2 N–H and O–H groups in total. The second kappa shape index (κ2) is 5.73. The highest BCUT2D eigenvalue weighted by atomic mass is 16.5. The minimum Gasteiger partial charge on any atom is -0.497 e. The van der Waals surface area contributed by atoms with E-state index in [1.165, 1.54) is 0 Å². The van der Waals surface area contributed by atoms with E-state index in [-0.39, 0.29) is 17.9 Å². The highest BCUT2D eigenvalue weighted by molar-refractivity contribution is 5.94. The van der Waals surface area contributed by atoms with E-state index in [9.17, 15) is 9.59 Å². The van der Waals surface area contributed by atoms with Gasteiger partial charge in [-0.2, -0.15) is 0 Å². The van der Waals surface area contributed by atoms with E-state index in [0.29, 0.717) is 30.6 Å². The van der Waals surface area contributed by atoms with Crippen LogP contribution in [0.2, 0.25) is 0 Å². The van der Waals surface area contributed by atoms with Crippen LogP contribution >= 0.6 is 0 Å². The van der Waals surface area contributed by atoms with E-state index in [1.54, 1.807) is 31.4 Å². The molecule has 19 heavy (non-hydrogen) atoms. The molecule has 0 saturated heterocycles. The number of carbonyl (C=O) groups is 2. The van der Waals surface area contributed by atoms with E-state index < -0.39 is 5.97 Å². The molecule has 2 atom stereocenters. The van der Waals surface area contributed by atoms with E-state index in [1.807, 2.05) is 0 Å². The van der Waals surface area contributed by atoms with E-state index in [2.05, 4.69) is 5.32 Å². The highest BCUT2D eigenvalue weighted by Crippen LogP contribution is 2.26. The third kappa shape index (κ3) is 3.24. The lowest BCUT2D eigenvalue weighted by Gasteiger charge is -2.12. The molecule has 1 aromatic rings. The Kier molecular flexibility index (Phi) is 4.04. The van der Waals surface area contributed by atoms with Crippen LogP contribution in [-0.4, -0.2) is 30.1 Å². The Balaban J connectivity index is 1.96. The minimum atomic E-state index is -0.780. The largest absolute Gasteiger partial charge is 0.497 e. The number of benzene rings is 1. The van der Waals surface area contributed by atoms with Gasteiger partial charge in [0.25, 0.3) is 5.91 Å². The molecule has 5 nitrogen and oxygen atoms in total. The molecular weight excluding hydrogens is 246 g/mol. The molecule has 0 heterocycles. The highest BCUT2D eigenvalue weighted by Gasteiger charge is 2.30. The summed E-state index contributed by atoms with van der Waals surface area (Å²) < 4.78 is 5.07. The third-order valence-electron chi connectivity index (χ3n) is 3.45. The van der Waals surface area contributed by atoms with Gasteiger partial charge in [0.1, 0.15) is 5.75 Å². The number of hydrogen-bond acceptors (Lipinski definition) is 3. The Hall–Kier alpha value is -2.04. The van der Waals surface area contributed by atoms with E-state index in [4.69, 9.17) is 9.84 Å². The quantitative estimate of drug-likeness (QED) is 0.866. The first-order chi connectivity index (χ1) is 9.10. The predicted molar refractivity (Wildman–Crippen MR) is 69.2 cm³/mol. The van der Waals surface area contributed by atoms with Gasteiger partial charge in [0.2, 0.25) is 0 Å². The molecule has 1 saturated carbocycles. The van der Waals surface area contributed by atoms with Gasteiger partial charge in [-0.25, -0.2) is 0 Å². The first kappa shape index (κ1) is 13.4. The van der Waals surface area contributed by atoms with Crippen molar-refractivity contribution < 1.29 is 19.4 Å². The number of carboxylic acids is 1. The zero-order valence-electron chi connectivity index (χ0n) is 10.8. The summed E-state index contributed by atoms with van der Waals surface area (Å²) >= 11 is 0. The number of aliphatic carboxylic acids is 1. The summed E-state index contributed by atoms with van der Waals surface area (Å²) in [7, 11) is 1.55. The van der Waals surface area contributed by atoms with Crippen LogP contribution in [0.4, 0.5) is 0 Å². The molecule has 1 fully saturated rings. The molecule has 1 amide bonds. The second-order valence-corrected chi connectivity index (χ2v) is 4.75. The lowest BCUT2D eigenvalue weighted by Crippen LogP contribution is -2.33. The van der Waals surface area contributed by atoms with Gasteiger partial charge >= 0.3 is 5.97 Å². The number of carbonyl (C=O) groups excluding carboxylic acids is 1. The fourth-order valence-electron chi connectivity index (χ4n) is 2.37. The smallest absolute Gasteiger partial charge is 0.306 e. The molecular formula is C14H17NO4. The van der Waals surface area contributed by atoms with Gasteiger partial charge in [0.05, 0.1) is 13.0 Å². The summed E-state index contributed by atoms with van der Waals surface area (Å²) in [5.74, 6) is -0.675. The average Bonchev–Trinajstić information content (AvgIpc) is 2.87. The van der Waals surface area contributed by atoms with Crippen molar-refractivity contribution in [2.45, 2.75) is 25.3 Å². The van der Waals surface area contributed by atoms with Gasteiger partial charge in [-0.3, -0.25) is 9.59 Å². The molecule has 0 aromatic heterocycles. The van der Waals surface area contributed by atoms with Crippen LogP contribution in [0.1, 0.15) is 29.6 Å². The maximum atomic E-state index is 12.0. The zero-order chi connectivity index (χ0) is 13.8. The van der Waals surface area contributed by atoms with Gasteiger partial charge in [0.15, 0.2) is 0 Å². The second-order valence-electron chi connectivity index (χ2n) is 4.75. The summed E-state index contributed by atoms with van der Waals surface area (Å²) in [6, 6.07) is 6.84. The van der Waals surface area contributed by atoms with Gasteiger partial charge < -0.3 is 15.2 Å². The first-order valence-corrected chi connectivity index (χ1v) is 6.28. The third-order valence-corrected chi connectivity index (χ3v) is 3.45. The first-order valence-electron chi connectivity index (χ1n) is 6.28. The Bertz CT molecular complexity index is 486. The summed E-state index contributed by atoms with van der Waals surface area (Å²) in [5, 5.41) is 11.8.